The van der Waals surface area contributed by atoms with E-state index in [0.29, 0.717) is 10.6 Å². The molecule has 0 fully saturated rings. The monoisotopic (exact) mass is 246 g/mol. The topological polar surface area (TPSA) is 63.0 Å². The predicted molar refractivity (Wildman–Crippen MR) is 69.9 cm³/mol. The van der Waals surface area contributed by atoms with Crippen molar-refractivity contribution in [2.24, 2.45) is 0 Å². The zero-order chi connectivity index (χ0) is 12.4. The molecule has 4 heteroatoms. The van der Waals surface area contributed by atoms with Gasteiger partial charge in [-0.2, -0.15) is 5.26 Å². The Bertz CT molecular complexity index is 575. The molecule has 2 heterocycles. The van der Waals surface area contributed by atoms with Crippen LogP contribution in [0, 0.1) is 18.3 Å². The van der Waals surface area contributed by atoms with Crippen LogP contribution >= 0.6 is 11.3 Å². The lowest BCUT2D eigenvalue weighted by atomic mass is 10.1. The molecule has 0 aromatic carbocycles. The van der Waals surface area contributed by atoms with Gasteiger partial charge in [0.05, 0.1) is 10.6 Å². The third kappa shape index (κ3) is 2.06. The van der Waals surface area contributed by atoms with Crippen LogP contribution in [-0.2, 0) is 6.42 Å². The summed E-state index contributed by atoms with van der Waals surface area (Å²) in [7, 11) is 0. The molecule has 3 nitrogen and oxygen atoms in total. The first-order valence-electron chi connectivity index (χ1n) is 5.55. The third-order valence-corrected chi connectivity index (χ3v) is 3.78. The molecule has 17 heavy (non-hydrogen) atoms. The second-order valence-corrected chi connectivity index (χ2v) is 4.95. The number of rotatable bonds is 3. The maximum absolute atomic E-state index is 9.03. The Morgan fingerprint density at radius 2 is 2.24 bits per heavy atom. The minimum atomic E-state index is 0.581. The van der Waals surface area contributed by atoms with Crippen molar-refractivity contribution in [1.82, 2.24) is 0 Å². The fourth-order valence-corrected chi connectivity index (χ4v) is 2.84. The Balaban J connectivity index is 2.57. The van der Waals surface area contributed by atoms with Gasteiger partial charge < -0.3 is 10.2 Å². The summed E-state index contributed by atoms with van der Waals surface area (Å²) >= 11 is 1.41. The quantitative estimate of drug-likeness (QED) is 0.897. The Labute approximate surface area is 104 Å². The van der Waals surface area contributed by atoms with Crippen LogP contribution in [0.3, 0.4) is 0 Å². The van der Waals surface area contributed by atoms with Crippen molar-refractivity contribution in [1.29, 1.82) is 5.26 Å². The molecule has 0 saturated carbocycles. The summed E-state index contributed by atoms with van der Waals surface area (Å²) < 4.78 is 5.61. The Kier molecular flexibility index (Phi) is 3.21. The number of nitrogens with zero attached hydrogens (tertiary/aromatic N) is 1. The number of hydrogen-bond donors (Lipinski definition) is 1. The molecule has 0 saturated heterocycles. The molecule has 2 aromatic rings. The highest BCUT2D eigenvalue weighted by molar-refractivity contribution is 7.16. The van der Waals surface area contributed by atoms with Gasteiger partial charge in [-0.05, 0) is 31.0 Å². The summed E-state index contributed by atoms with van der Waals surface area (Å²) in [6, 6.07) is 6.00. The Hall–Kier alpha value is -1.73. The van der Waals surface area contributed by atoms with Gasteiger partial charge in [0.2, 0.25) is 0 Å². The minimum Gasteiger partial charge on any atom is -0.461 e. The van der Waals surface area contributed by atoms with E-state index in [9.17, 15) is 0 Å². The Morgan fingerprint density at radius 3 is 2.76 bits per heavy atom. The van der Waals surface area contributed by atoms with Crippen molar-refractivity contribution in [3.63, 3.8) is 0 Å². The van der Waals surface area contributed by atoms with E-state index in [4.69, 9.17) is 15.4 Å². The molecule has 0 aliphatic rings. The normalized spacial score (nSPS) is 10.4. The van der Waals surface area contributed by atoms with E-state index in [0.717, 1.165) is 34.8 Å². The zero-order valence-electron chi connectivity index (χ0n) is 9.91. The SMILES string of the molecule is CCCc1c(-c2ccc(C)o2)sc(C#N)c1N. The van der Waals surface area contributed by atoms with Crippen LogP contribution < -0.4 is 5.73 Å². The van der Waals surface area contributed by atoms with Crippen molar-refractivity contribution < 1.29 is 4.42 Å². The number of nitrogens with two attached hydrogens (primary N) is 1. The van der Waals surface area contributed by atoms with E-state index in [1.165, 1.54) is 11.3 Å². The lowest BCUT2D eigenvalue weighted by Crippen LogP contribution is -1.92. The van der Waals surface area contributed by atoms with Crippen molar-refractivity contribution in [3.05, 3.63) is 28.3 Å². The van der Waals surface area contributed by atoms with Crippen LogP contribution in [0.5, 0.6) is 0 Å². The number of thiophene rings is 1. The van der Waals surface area contributed by atoms with Crippen LogP contribution in [0.4, 0.5) is 5.69 Å². The largest absolute Gasteiger partial charge is 0.461 e. The third-order valence-electron chi connectivity index (χ3n) is 2.61. The van der Waals surface area contributed by atoms with Crippen LogP contribution in [-0.4, -0.2) is 0 Å². The van der Waals surface area contributed by atoms with Gasteiger partial charge in [-0.1, -0.05) is 13.3 Å². The summed E-state index contributed by atoms with van der Waals surface area (Å²) in [5.41, 5.74) is 7.65. The number of aryl methyl sites for hydroxylation is 1. The van der Waals surface area contributed by atoms with Crippen molar-refractivity contribution in [3.8, 4) is 16.7 Å². The first kappa shape index (κ1) is 11.7. The van der Waals surface area contributed by atoms with Crippen LogP contribution in [0.15, 0.2) is 16.5 Å². The first-order chi connectivity index (χ1) is 8.17. The second kappa shape index (κ2) is 4.64. The lowest BCUT2D eigenvalue weighted by Gasteiger charge is -2.00. The van der Waals surface area contributed by atoms with Gasteiger partial charge in [0.25, 0.3) is 0 Å². The van der Waals surface area contributed by atoms with E-state index in [1.807, 2.05) is 19.1 Å². The fourth-order valence-electron chi connectivity index (χ4n) is 1.81. The highest BCUT2D eigenvalue weighted by Crippen LogP contribution is 2.39. The highest BCUT2D eigenvalue weighted by Gasteiger charge is 2.18. The number of furan rings is 1. The number of hydrogen-bond acceptors (Lipinski definition) is 4. The molecule has 88 valence electrons. The van der Waals surface area contributed by atoms with E-state index in [-0.39, 0.29) is 0 Å². The molecule has 0 bridgehead atoms. The molecule has 0 unspecified atom stereocenters. The number of anilines is 1. The minimum absolute atomic E-state index is 0.581. The molecule has 0 amide bonds. The average molecular weight is 246 g/mol. The fraction of sp³-hybridized carbons (Fsp3) is 0.308. The summed E-state index contributed by atoms with van der Waals surface area (Å²) in [6.45, 7) is 4.01. The van der Waals surface area contributed by atoms with E-state index >= 15 is 0 Å². The van der Waals surface area contributed by atoms with Gasteiger partial charge in [0.15, 0.2) is 0 Å². The molecular weight excluding hydrogens is 232 g/mol. The average Bonchev–Trinajstić information content (AvgIpc) is 2.85. The maximum Gasteiger partial charge on any atom is 0.144 e. The van der Waals surface area contributed by atoms with E-state index in [2.05, 4.69) is 13.0 Å². The van der Waals surface area contributed by atoms with Gasteiger partial charge in [0, 0.05) is 0 Å². The van der Waals surface area contributed by atoms with Crippen molar-refractivity contribution in [2.75, 3.05) is 5.73 Å². The summed E-state index contributed by atoms with van der Waals surface area (Å²) in [5.74, 6) is 1.68. The van der Waals surface area contributed by atoms with Crippen LogP contribution in [0.1, 0.15) is 29.5 Å². The molecule has 0 spiro atoms. The summed E-state index contributed by atoms with van der Waals surface area (Å²) in [5, 5.41) is 9.03. The lowest BCUT2D eigenvalue weighted by molar-refractivity contribution is 0.549. The van der Waals surface area contributed by atoms with Gasteiger partial charge in [-0.3, -0.25) is 0 Å². The molecule has 2 rings (SSSR count). The molecule has 2 N–H and O–H groups in total. The van der Waals surface area contributed by atoms with Gasteiger partial charge in [-0.15, -0.1) is 11.3 Å². The molecule has 0 atom stereocenters. The molecule has 2 aromatic heterocycles. The second-order valence-electron chi connectivity index (χ2n) is 3.92. The van der Waals surface area contributed by atoms with Gasteiger partial charge in [-0.25, -0.2) is 0 Å². The summed E-state index contributed by atoms with van der Waals surface area (Å²) in [6.07, 6.45) is 1.87. The van der Waals surface area contributed by atoms with Crippen LogP contribution in [0.25, 0.3) is 10.6 Å². The van der Waals surface area contributed by atoms with Gasteiger partial charge >= 0.3 is 0 Å². The van der Waals surface area contributed by atoms with E-state index < -0.39 is 0 Å². The zero-order valence-corrected chi connectivity index (χ0v) is 10.7. The summed E-state index contributed by atoms with van der Waals surface area (Å²) in [4.78, 5) is 1.58. The molecule has 0 aliphatic heterocycles. The molecule has 0 radical (unpaired) electrons. The standard InChI is InChI=1S/C13H14N2OS/c1-3-4-9-12(15)11(7-14)17-13(9)10-6-5-8(2)16-10/h5-6H,3-4,15H2,1-2H3. The maximum atomic E-state index is 9.03. The smallest absolute Gasteiger partial charge is 0.144 e. The molecule has 0 aliphatic carbocycles. The van der Waals surface area contributed by atoms with Gasteiger partial charge in [0.1, 0.15) is 22.5 Å². The molecular formula is C13H14N2OS. The van der Waals surface area contributed by atoms with Crippen molar-refractivity contribution in [2.45, 2.75) is 26.7 Å². The Morgan fingerprint density at radius 1 is 1.47 bits per heavy atom. The predicted octanol–water partition coefficient (Wildman–Crippen LogP) is 3.72. The van der Waals surface area contributed by atoms with Crippen molar-refractivity contribution >= 4 is 17.0 Å². The number of nitriles is 1. The first-order valence-corrected chi connectivity index (χ1v) is 6.37. The highest BCUT2D eigenvalue weighted by atomic mass is 32.1. The number of nitrogen functional groups attached to an aromatic ring is 1. The van der Waals surface area contributed by atoms with E-state index in [1.54, 1.807) is 0 Å². The van der Waals surface area contributed by atoms with Crippen LogP contribution in [0.2, 0.25) is 0 Å².